The molecule has 0 saturated heterocycles. The first-order valence-corrected chi connectivity index (χ1v) is 6.80. The highest BCUT2D eigenvalue weighted by Gasteiger charge is 2.38. The molecule has 0 aromatic heterocycles. The minimum atomic E-state index is -0.875. The topological polar surface area (TPSA) is 57.6 Å². The lowest BCUT2D eigenvalue weighted by Crippen LogP contribution is -2.48. The molecule has 0 aromatic rings. The molecule has 1 aliphatic carbocycles. The van der Waals surface area contributed by atoms with Crippen LogP contribution in [0.4, 0.5) is 0 Å². The van der Waals surface area contributed by atoms with Crippen LogP contribution >= 0.6 is 0 Å². The van der Waals surface area contributed by atoms with E-state index in [-0.39, 0.29) is 17.4 Å². The SMILES string of the molecule is CC(N(C)C(=O)[C@@H]1CC=CC[C@@H]1C(=O)O)C(C)(C)C. The lowest BCUT2D eigenvalue weighted by Gasteiger charge is -2.38. The lowest BCUT2D eigenvalue weighted by molar-refractivity contribution is -0.151. The second-order valence-corrected chi connectivity index (χ2v) is 6.49. The third-order valence-electron chi connectivity index (χ3n) is 4.25. The summed E-state index contributed by atoms with van der Waals surface area (Å²) in [6.07, 6.45) is 4.74. The van der Waals surface area contributed by atoms with Gasteiger partial charge < -0.3 is 10.0 Å². The zero-order chi connectivity index (χ0) is 14.8. The fourth-order valence-corrected chi connectivity index (χ4v) is 2.39. The van der Waals surface area contributed by atoms with E-state index < -0.39 is 17.8 Å². The van der Waals surface area contributed by atoms with Gasteiger partial charge in [-0.2, -0.15) is 0 Å². The van der Waals surface area contributed by atoms with Gasteiger partial charge in [0.25, 0.3) is 0 Å². The molecular weight excluding hydrogens is 242 g/mol. The molecule has 1 N–H and O–H groups in total. The summed E-state index contributed by atoms with van der Waals surface area (Å²) in [7, 11) is 1.77. The molecule has 108 valence electrons. The minimum absolute atomic E-state index is 0.0202. The summed E-state index contributed by atoms with van der Waals surface area (Å²) in [6.45, 7) is 8.25. The highest BCUT2D eigenvalue weighted by molar-refractivity contribution is 5.85. The number of aliphatic carboxylic acids is 1. The molecule has 1 rings (SSSR count). The Morgan fingerprint density at radius 1 is 1.21 bits per heavy atom. The summed E-state index contributed by atoms with van der Waals surface area (Å²) in [5, 5.41) is 9.23. The molecule has 0 spiro atoms. The fourth-order valence-electron chi connectivity index (χ4n) is 2.39. The zero-order valence-corrected chi connectivity index (χ0v) is 12.5. The highest BCUT2D eigenvalue weighted by Crippen LogP contribution is 2.30. The smallest absolute Gasteiger partial charge is 0.307 e. The van der Waals surface area contributed by atoms with E-state index in [1.807, 2.05) is 19.1 Å². The van der Waals surface area contributed by atoms with Gasteiger partial charge in [0.15, 0.2) is 0 Å². The van der Waals surface area contributed by atoms with E-state index in [1.165, 1.54) is 0 Å². The molecule has 0 bridgehead atoms. The number of hydrogen-bond donors (Lipinski definition) is 1. The second kappa shape index (κ2) is 5.76. The van der Waals surface area contributed by atoms with Crippen LogP contribution in [-0.2, 0) is 9.59 Å². The van der Waals surface area contributed by atoms with E-state index in [9.17, 15) is 14.7 Å². The van der Waals surface area contributed by atoms with Crippen molar-refractivity contribution in [1.82, 2.24) is 4.90 Å². The largest absolute Gasteiger partial charge is 0.481 e. The Kier molecular flexibility index (Phi) is 4.77. The van der Waals surface area contributed by atoms with Crippen molar-refractivity contribution in [2.75, 3.05) is 7.05 Å². The van der Waals surface area contributed by atoms with Crippen molar-refractivity contribution in [3.8, 4) is 0 Å². The molecule has 0 radical (unpaired) electrons. The number of allylic oxidation sites excluding steroid dienone is 2. The Balaban J connectivity index is 2.86. The van der Waals surface area contributed by atoms with Gasteiger partial charge in [-0.3, -0.25) is 9.59 Å². The van der Waals surface area contributed by atoms with Crippen LogP contribution in [0.5, 0.6) is 0 Å². The van der Waals surface area contributed by atoms with Gasteiger partial charge in [-0.25, -0.2) is 0 Å². The number of nitrogens with zero attached hydrogens (tertiary/aromatic N) is 1. The van der Waals surface area contributed by atoms with E-state index in [1.54, 1.807) is 11.9 Å². The first-order valence-electron chi connectivity index (χ1n) is 6.80. The molecule has 0 fully saturated rings. The van der Waals surface area contributed by atoms with Crippen LogP contribution in [0.3, 0.4) is 0 Å². The van der Waals surface area contributed by atoms with Crippen molar-refractivity contribution in [1.29, 1.82) is 0 Å². The monoisotopic (exact) mass is 267 g/mol. The molecule has 0 aromatic carbocycles. The van der Waals surface area contributed by atoms with Gasteiger partial charge in [0, 0.05) is 13.1 Å². The number of hydrogen-bond acceptors (Lipinski definition) is 2. The molecule has 1 unspecified atom stereocenters. The van der Waals surface area contributed by atoms with Gasteiger partial charge in [0.2, 0.25) is 5.91 Å². The van der Waals surface area contributed by atoms with E-state index in [0.717, 1.165) is 0 Å². The van der Waals surface area contributed by atoms with Crippen LogP contribution in [0.1, 0.15) is 40.5 Å². The Morgan fingerprint density at radius 3 is 2.11 bits per heavy atom. The third kappa shape index (κ3) is 3.58. The minimum Gasteiger partial charge on any atom is -0.481 e. The molecule has 1 amide bonds. The van der Waals surface area contributed by atoms with Crippen LogP contribution < -0.4 is 0 Å². The number of carbonyl (C=O) groups is 2. The average molecular weight is 267 g/mol. The van der Waals surface area contributed by atoms with Crippen molar-refractivity contribution in [3.05, 3.63) is 12.2 Å². The predicted molar refractivity (Wildman–Crippen MR) is 74.7 cm³/mol. The van der Waals surface area contributed by atoms with E-state index in [2.05, 4.69) is 20.8 Å². The normalized spacial score (nSPS) is 24.9. The van der Waals surface area contributed by atoms with Gasteiger partial charge in [-0.1, -0.05) is 32.9 Å². The quantitative estimate of drug-likeness (QED) is 0.799. The van der Waals surface area contributed by atoms with Crippen molar-refractivity contribution in [2.24, 2.45) is 17.3 Å². The van der Waals surface area contributed by atoms with Crippen LogP contribution in [0.15, 0.2) is 12.2 Å². The van der Waals surface area contributed by atoms with E-state index >= 15 is 0 Å². The maximum absolute atomic E-state index is 12.5. The van der Waals surface area contributed by atoms with Crippen LogP contribution in [0, 0.1) is 17.3 Å². The van der Waals surface area contributed by atoms with Crippen molar-refractivity contribution in [2.45, 2.75) is 46.6 Å². The Labute approximate surface area is 115 Å². The molecule has 4 heteroatoms. The van der Waals surface area contributed by atoms with Crippen LogP contribution in [0.2, 0.25) is 0 Å². The Morgan fingerprint density at radius 2 is 1.68 bits per heavy atom. The molecule has 1 aliphatic rings. The standard InChI is InChI=1S/C15H25NO3/c1-10(15(2,3)4)16(5)13(17)11-8-6-7-9-12(11)14(18)19/h6-7,10-12H,8-9H2,1-5H3,(H,18,19)/t10?,11-,12+/m1/s1. The Hall–Kier alpha value is -1.32. The predicted octanol–water partition coefficient (Wildman–Crippen LogP) is 2.55. The highest BCUT2D eigenvalue weighted by atomic mass is 16.4. The number of carbonyl (C=O) groups excluding carboxylic acids is 1. The van der Waals surface area contributed by atoms with Crippen LogP contribution in [-0.4, -0.2) is 35.0 Å². The zero-order valence-electron chi connectivity index (χ0n) is 12.5. The average Bonchev–Trinajstić information content (AvgIpc) is 2.34. The fraction of sp³-hybridized carbons (Fsp3) is 0.733. The Bertz CT molecular complexity index is 381. The maximum Gasteiger partial charge on any atom is 0.307 e. The summed E-state index contributed by atoms with van der Waals surface area (Å²) in [4.78, 5) is 25.5. The van der Waals surface area contributed by atoms with Gasteiger partial charge in [0.1, 0.15) is 0 Å². The van der Waals surface area contributed by atoms with E-state index in [0.29, 0.717) is 12.8 Å². The first kappa shape index (κ1) is 15.7. The van der Waals surface area contributed by atoms with Crippen molar-refractivity contribution < 1.29 is 14.7 Å². The summed E-state index contributed by atoms with van der Waals surface area (Å²) in [5.41, 5.74) is -0.0202. The summed E-state index contributed by atoms with van der Waals surface area (Å²) < 4.78 is 0. The third-order valence-corrected chi connectivity index (χ3v) is 4.25. The first-order chi connectivity index (χ1) is 8.66. The summed E-state index contributed by atoms with van der Waals surface area (Å²) in [5.74, 6) is -1.96. The lowest BCUT2D eigenvalue weighted by atomic mass is 9.80. The molecule has 4 nitrogen and oxygen atoms in total. The summed E-state index contributed by atoms with van der Waals surface area (Å²) >= 11 is 0. The van der Waals surface area contributed by atoms with Crippen LogP contribution in [0.25, 0.3) is 0 Å². The molecule has 0 saturated carbocycles. The molecule has 3 atom stereocenters. The molecule has 0 aliphatic heterocycles. The van der Waals surface area contributed by atoms with Gasteiger partial charge >= 0.3 is 5.97 Å². The second-order valence-electron chi connectivity index (χ2n) is 6.49. The van der Waals surface area contributed by atoms with Gasteiger partial charge in [-0.05, 0) is 25.2 Å². The van der Waals surface area contributed by atoms with Crippen molar-refractivity contribution in [3.63, 3.8) is 0 Å². The number of carboxylic acid groups (broad SMARTS) is 1. The maximum atomic E-state index is 12.5. The molecule has 19 heavy (non-hydrogen) atoms. The van der Waals surface area contributed by atoms with Gasteiger partial charge in [0.05, 0.1) is 11.8 Å². The van der Waals surface area contributed by atoms with Gasteiger partial charge in [-0.15, -0.1) is 0 Å². The molecule has 0 heterocycles. The number of carboxylic acids is 1. The molecular formula is C15H25NO3. The van der Waals surface area contributed by atoms with E-state index in [4.69, 9.17) is 0 Å². The number of rotatable bonds is 3. The summed E-state index contributed by atoms with van der Waals surface area (Å²) in [6, 6.07) is 0.0698. The van der Waals surface area contributed by atoms with Crippen molar-refractivity contribution >= 4 is 11.9 Å². The number of amides is 1.